The van der Waals surface area contributed by atoms with E-state index in [0.717, 1.165) is 5.54 Å². The summed E-state index contributed by atoms with van der Waals surface area (Å²) >= 11 is 0. The minimum atomic E-state index is 0.558. The predicted molar refractivity (Wildman–Crippen MR) is 47.3 cm³/mol. The van der Waals surface area contributed by atoms with Crippen molar-refractivity contribution in [1.82, 2.24) is 0 Å². The van der Waals surface area contributed by atoms with Crippen molar-refractivity contribution >= 4 is 0 Å². The van der Waals surface area contributed by atoms with E-state index in [9.17, 15) is 0 Å². The average molecular weight is 154 g/mol. The number of rotatable bonds is 2. The van der Waals surface area contributed by atoms with Crippen LogP contribution in [0.1, 0.15) is 34.1 Å². The molecule has 0 N–H and O–H groups in total. The summed E-state index contributed by atoms with van der Waals surface area (Å²) in [4.78, 5) is 0. The second-order valence-electron chi connectivity index (χ2n) is 5.47. The smallest absolute Gasteiger partial charge is 0.203 e. The summed E-state index contributed by atoms with van der Waals surface area (Å²) < 4.78 is 1.47. The number of hydrogen-bond acceptors (Lipinski definition) is 0. The van der Waals surface area contributed by atoms with E-state index in [-0.39, 0.29) is 0 Å². The highest BCUT2D eigenvalue weighted by Gasteiger charge is 2.91. The second-order valence-corrected chi connectivity index (χ2v) is 5.47. The third-order valence-electron chi connectivity index (χ3n) is 3.88. The molecule has 11 heavy (non-hydrogen) atoms. The standard InChI is InChI=1S/C10H20N/c1-5-6-11-7-10(11,8-11)9(2,3)4/h5-8H2,1-4H3/q+1. The van der Waals surface area contributed by atoms with E-state index in [0.29, 0.717) is 5.41 Å². The van der Waals surface area contributed by atoms with E-state index in [1.165, 1.54) is 30.5 Å². The van der Waals surface area contributed by atoms with Crippen LogP contribution >= 0.6 is 0 Å². The Morgan fingerprint density at radius 2 is 1.82 bits per heavy atom. The SMILES string of the molecule is CCC[N+]12CC1(C(C)(C)C)C2. The van der Waals surface area contributed by atoms with Crippen LogP contribution < -0.4 is 0 Å². The Kier molecular flexibility index (Phi) is 1.15. The topological polar surface area (TPSA) is 0 Å². The van der Waals surface area contributed by atoms with Crippen LogP contribution in [0.4, 0.5) is 0 Å². The molecule has 0 aliphatic carbocycles. The molecular weight excluding hydrogens is 134 g/mol. The van der Waals surface area contributed by atoms with Crippen LogP contribution in [0.2, 0.25) is 0 Å². The van der Waals surface area contributed by atoms with Crippen molar-refractivity contribution in [2.24, 2.45) is 5.41 Å². The first-order valence-corrected chi connectivity index (χ1v) is 4.84. The van der Waals surface area contributed by atoms with Gasteiger partial charge in [0.1, 0.15) is 13.1 Å². The molecule has 64 valence electrons. The Labute approximate surface area is 70.0 Å². The Balaban J connectivity index is 2.03. The Hall–Kier alpha value is -0.0400. The van der Waals surface area contributed by atoms with Gasteiger partial charge in [-0.05, 0) is 6.42 Å². The van der Waals surface area contributed by atoms with Crippen LogP contribution in [0.3, 0.4) is 0 Å². The van der Waals surface area contributed by atoms with Gasteiger partial charge >= 0.3 is 0 Å². The fraction of sp³-hybridized carbons (Fsp3) is 1.00. The zero-order valence-corrected chi connectivity index (χ0v) is 8.28. The summed E-state index contributed by atoms with van der Waals surface area (Å²) in [6.07, 6.45) is 1.36. The first-order chi connectivity index (χ1) is 4.97. The molecule has 2 rings (SSSR count). The molecule has 2 aliphatic rings. The third-order valence-corrected chi connectivity index (χ3v) is 3.88. The van der Waals surface area contributed by atoms with Crippen molar-refractivity contribution in [3.05, 3.63) is 0 Å². The van der Waals surface area contributed by atoms with Gasteiger partial charge in [0.25, 0.3) is 0 Å². The molecule has 1 nitrogen and oxygen atoms in total. The molecule has 0 aromatic rings. The summed E-state index contributed by atoms with van der Waals surface area (Å²) in [6, 6.07) is 0. The molecule has 0 radical (unpaired) electrons. The predicted octanol–water partition coefficient (Wildman–Crippen LogP) is 2.03. The van der Waals surface area contributed by atoms with Crippen molar-refractivity contribution in [3.63, 3.8) is 0 Å². The molecule has 0 saturated carbocycles. The number of nitrogens with zero attached hydrogens (tertiary/aromatic N) is 1. The molecule has 1 heteroatoms. The van der Waals surface area contributed by atoms with Crippen LogP contribution in [-0.4, -0.2) is 29.7 Å². The van der Waals surface area contributed by atoms with Gasteiger partial charge < -0.3 is 0 Å². The summed E-state index contributed by atoms with van der Waals surface area (Å²) in [6.45, 7) is 13.9. The van der Waals surface area contributed by atoms with Gasteiger partial charge in [-0.15, -0.1) is 0 Å². The lowest BCUT2D eigenvalue weighted by Crippen LogP contribution is -2.23. The summed E-state index contributed by atoms with van der Waals surface area (Å²) in [7, 11) is 0. The quantitative estimate of drug-likeness (QED) is 0.422. The van der Waals surface area contributed by atoms with Gasteiger partial charge in [0, 0.05) is 5.41 Å². The van der Waals surface area contributed by atoms with E-state index in [1.54, 1.807) is 0 Å². The van der Waals surface area contributed by atoms with Crippen molar-refractivity contribution < 1.29 is 4.48 Å². The minimum Gasteiger partial charge on any atom is -0.298 e. The van der Waals surface area contributed by atoms with E-state index in [2.05, 4.69) is 27.7 Å². The molecule has 0 aromatic carbocycles. The van der Waals surface area contributed by atoms with Crippen LogP contribution in [0.25, 0.3) is 0 Å². The van der Waals surface area contributed by atoms with Gasteiger partial charge in [-0.2, -0.15) is 0 Å². The van der Waals surface area contributed by atoms with E-state index in [1.807, 2.05) is 0 Å². The van der Waals surface area contributed by atoms with Crippen molar-refractivity contribution in [2.75, 3.05) is 19.6 Å². The first kappa shape index (κ1) is 7.60. The lowest BCUT2D eigenvalue weighted by molar-refractivity contribution is -0.711. The lowest BCUT2D eigenvalue weighted by atomic mass is 9.84. The van der Waals surface area contributed by atoms with E-state index < -0.39 is 0 Å². The fourth-order valence-electron chi connectivity index (χ4n) is 2.87. The maximum Gasteiger partial charge on any atom is 0.203 e. The largest absolute Gasteiger partial charge is 0.298 e. The molecule has 0 aromatic heterocycles. The highest BCUT2D eigenvalue weighted by Crippen LogP contribution is 2.68. The van der Waals surface area contributed by atoms with E-state index in [4.69, 9.17) is 0 Å². The Morgan fingerprint density at radius 3 is 2.09 bits per heavy atom. The van der Waals surface area contributed by atoms with Crippen molar-refractivity contribution in [2.45, 2.75) is 39.7 Å². The van der Waals surface area contributed by atoms with Crippen LogP contribution in [-0.2, 0) is 0 Å². The van der Waals surface area contributed by atoms with Gasteiger partial charge in [-0.25, -0.2) is 0 Å². The zero-order chi connectivity index (χ0) is 8.33. The minimum absolute atomic E-state index is 0.558. The molecule has 2 fully saturated rings. The number of fused-ring (bicyclic) bond motifs is 1. The molecule has 0 amide bonds. The van der Waals surface area contributed by atoms with E-state index >= 15 is 0 Å². The van der Waals surface area contributed by atoms with Gasteiger partial charge in [0.05, 0.1) is 6.54 Å². The molecule has 2 heterocycles. The van der Waals surface area contributed by atoms with Gasteiger partial charge in [-0.3, -0.25) is 4.48 Å². The third kappa shape index (κ3) is 0.703. The van der Waals surface area contributed by atoms with Gasteiger partial charge in [-0.1, -0.05) is 27.7 Å². The van der Waals surface area contributed by atoms with Gasteiger partial charge in [0.15, 0.2) is 0 Å². The first-order valence-electron chi connectivity index (χ1n) is 4.84. The van der Waals surface area contributed by atoms with Gasteiger partial charge in [0.2, 0.25) is 5.54 Å². The monoisotopic (exact) mass is 154 g/mol. The molecule has 2 saturated heterocycles. The average Bonchev–Trinajstić information content (AvgIpc) is 2.48. The summed E-state index contributed by atoms with van der Waals surface area (Å²) in [5.41, 5.74) is 1.30. The molecule has 0 spiro atoms. The zero-order valence-electron chi connectivity index (χ0n) is 8.28. The molecular formula is C10H20N+. The summed E-state index contributed by atoms with van der Waals surface area (Å²) in [5, 5.41) is 0. The maximum absolute atomic E-state index is 2.40. The van der Waals surface area contributed by atoms with Crippen LogP contribution in [0, 0.1) is 5.41 Å². The normalized spacial score (nSPS) is 46.9. The summed E-state index contributed by atoms with van der Waals surface area (Å²) in [5.74, 6) is 0. The Morgan fingerprint density at radius 1 is 1.27 bits per heavy atom. The van der Waals surface area contributed by atoms with Crippen molar-refractivity contribution in [3.8, 4) is 0 Å². The maximum atomic E-state index is 2.40. The Bertz CT molecular complexity index is 182. The second kappa shape index (κ2) is 1.66. The molecule has 0 bridgehead atoms. The highest BCUT2D eigenvalue weighted by molar-refractivity contribution is 5.15. The lowest BCUT2D eigenvalue weighted by Gasteiger charge is -2.13. The fourth-order valence-corrected chi connectivity index (χ4v) is 2.87. The number of quaternary nitrogens is 1. The highest BCUT2D eigenvalue weighted by atomic mass is 15.7. The molecule has 0 unspecified atom stereocenters. The number of hydrogen-bond donors (Lipinski definition) is 0. The van der Waals surface area contributed by atoms with Crippen LogP contribution in [0.5, 0.6) is 0 Å². The van der Waals surface area contributed by atoms with Crippen LogP contribution in [0.15, 0.2) is 0 Å². The molecule has 0 atom stereocenters. The molecule has 2 aliphatic heterocycles. The van der Waals surface area contributed by atoms with Crippen molar-refractivity contribution in [1.29, 1.82) is 0 Å².